The third-order valence-electron chi connectivity index (χ3n) is 4.22. The van der Waals surface area contributed by atoms with Crippen LogP contribution in [0.15, 0.2) is 0 Å². The van der Waals surface area contributed by atoms with Gasteiger partial charge in [0.1, 0.15) is 0 Å². The lowest BCUT2D eigenvalue weighted by molar-refractivity contribution is -0.116. The number of hydrogen-bond acceptors (Lipinski definition) is 4. The van der Waals surface area contributed by atoms with Crippen LogP contribution in [0.25, 0.3) is 0 Å². The molecule has 2 heterocycles. The van der Waals surface area contributed by atoms with Gasteiger partial charge in [-0.15, -0.1) is 11.3 Å². The molecule has 1 aliphatic heterocycles. The van der Waals surface area contributed by atoms with Crippen molar-refractivity contribution in [3.63, 3.8) is 0 Å². The largest absolute Gasteiger partial charge is 0.314 e. The molecule has 1 amide bonds. The van der Waals surface area contributed by atoms with E-state index in [2.05, 4.69) is 15.6 Å². The number of piperidine rings is 1. The van der Waals surface area contributed by atoms with Crippen LogP contribution in [-0.4, -0.2) is 23.5 Å². The molecule has 0 aromatic carbocycles. The van der Waals surface area contributed by atoms with Crippen LogP contribution in [0, 0.1) is 0 Å². The molecule has 0 spiro atoms. The average Bonchev–Trinajstić information content (AvgIpc) is 2.88. The molecule has 1 fully saturated rings. The minimum atomic E-state index is 0.114. The third-order valence-corrected chi connectivity index (χ3v) is 5.30. The number of rotatable bonds is 4. The Morgan fingerprint density at radius 2 is 2.20 bits per heavy atom. The van der Waals surface area contributed by atoms with Gasteiger partial charge in [0, 0.05) is 17.3 Å². The molecule has 0 saturated carbocycles. The van der Waals surface area contributed by atoms with Crippen molar-refractivity contribution in [1.82, 2.24) is 10.3 Å². The molecule has 1 saturated heterocycles. The van der Waals surface area contributed by atoms with E-state index in [1.165, 1.54) is 42.7 Å². The molecule has 110 valence electrons. The van der Waals surface area contributed by atoms with E-state index in [0.717, 1.165) is 30.9 Å². The number of anilines is 1. The Morgan fingerprint density at radius 1 is 1.30 bits per heavy atom. The Labute approximate surface area is 124 Å². The number of carbonyl (C=O) groups excluding carboxylic acids is 1. The minimum absolute atomic E-state index is 0.114. The van der Waals surface area contributed by atoms with Gasteiger partial charge in [0.05, 0.1) is 5.69 Å². The Kier molecular flexibility index (Phi) is 4.68. The summed E-state index contributed by atoms with van der Waals surface area (Å²) in [5.41, 5.74) is 1.21. The van der Waals surface area contributed by atoms with Crippen LogP contribution in [0.2, 0.25) is 0 Å². The Hall–Kier alpha value is -0.940. The predicted molar refractivity (Wildman–Crippen MR) is 82.3 cm³/mol. The quantitative estimate of drug-likeness (QED) is 0.897. The average molecular weight is 293 g/mol. The molecular weight excluding hydrogens is 270 g/mol. The van der Waals surface area contributed by atoms with Crippen LogP contribution >= 0.6 is 11.3 Å². The number of nitrogens with zero attached hydrogens (tertiary/aromatic N) is 1. The van der Waals surface area contributed by atoms with Gasteiger partial charge in [0.25, 0.3) is 0 Å². The normalized spacial score (nSPS) is 22.3. The van der Waals surface area contributed by atoms with E-state index in [9.17, 15) is 4.79 Å². The SMILES string of the molecule is O=C(CCC1CCCCN1)Nc1nc2c(s1)CCCC2. The number of nitrogens with one attached hydrogen (secondary N) is 2. The van der Waals surface area contributed by atoms with Gasteiger partial charge in [0.2, 0.25) is 5.91 Å². The first-order valence-corrected chi connectivity index (χ1v) is 8.65. The summed E-state index contributed by atoms with van der Waals surface area (Å²) in [7, 11) is 0. The van der Waals surface area contributed by atoms with Crippen molar-refractivity contribution in [3.05, 3.63) is 10.6 Å². The number of aryl methyl sites for hydroxylation is 2. The number of hydrogen-bond donors (Lipinski definition) is 2. The molecule has 5 heteroatoms. The summed E-state index contributed by atoms with van der Waals surface area (Å²) in [6, 6.07) is 0.527. The Balaban J connectivity index is 1.47. The van der Waals surface area contributed by atoms with E-state index in [0.29, 0.717) is 12.5 Å². The second-order valence-corrected chi connectivity index (χ2v) is 6.91. The van der Waals surface area contributed by atoms with Crippen LogP contribution in [0.4, 0.5) is 5.13 Å². The predicted octanol–water partition coefficient (Wildman–Crippen LogP) is 2.88. The lowest BCUT2D eigenvalue weighted by Crippen LogP contribution is -2.34. The van der Waals surface area contributed by atoms with E-state index in [1.807, 2.05) is 0 Å². The lowest BCUT2D eigenvalue weighted by atomic mass is 10.0. The van der Waals surface area contributed by atoms with E-state index < -0.39 is 0 Å². The molecule has 1 aliphatic carbocycles. The van der Waals surface area contributed by atoms with Crippen LogP contribution in [0.3, 0.4) is 0 Å². The fourth-order valence-corrected chi connectivity index (χ4v) is 4.13. The molecule has 0 radical (unpaired) electrons. The molecule has 0 bridgehead atoms. The number of aromatic nitrogens is 1. The summed E-state index contributed by atoms with van der Waals surface area (Å²) in [6.45, 7) is 1.10. The fourth-order valence-electron chi connectivity index (χ4n) is 3.06. The summed E-state index contributed by atoms with van der Waals surface area (Å²) in [5.74, 6) is 0.114. The van der Waals surface area contributed by atoms with Crippen molar-refractivity contribution < 1.29 is 4.79 Å². The zero-order chi connectivity index (χ0) is 13.8. The molecule has 2 aliphatic rings. The van der Waals surface area contributed by atoms with Gasteiger partial charge in [0.15, 0.2) is 5.13 Å². The molecule has 2 N–H and O–H groups in total. The summed E-state index contributed by atoms with van der Waals surface area (Å²) in [5, 5.41) is 7.27. The van der Waals surface area contributed by atoms with Crippen molar-refractivity contribution in [2.45, 2.75) is 63.8 Å². The van der Waals surface area contributed by atoms with Crippen LogP contribution in [0.1, 0.15) is 55.5 Å². The van der Waals surface area contributed by atoms with Gasteiger partial charge >= 0.3 is 0 Å². The molecule has 1 aromatic heterocycles. The molecule has 1 aromatic rings. The molecule has 1 atom stereocenters. The highest BCUT2D eigenvalue weighted by atomic mass is 32.1. The molecule has 3 rings (SSSR count). The number of fused-ring (bicyclic) bond motifs is 1. The second-order valence-electron chi connectivity index (χ2n) is 5.83. The van der Waals surface area contributed by atoms with Gasteiger partial charge in [-0.25, -0.2) is 4.98 Å². The lowest BCUT2D eigenvalue weighted by Gasteiger charge is -2.22. The topological polar surface area (TPSA) is 54.0 Å². The van der Waals surface area contributed by atoms with Crippen molar-refractivity contribution in [1.29, 1.82) is 0 Å². The molecular formula is C15H23N3OS. The first-order valence-electron chi connectivity index (χ1n) is 7.83. The van der Waals surface area contributed by atoms with Crippen LogP contribution < -0.4 is 10.6 Å². The maximum Gasteiger partial charge on any atom is 0.226 e. The monoisotopic (exact) mass is 293 g/mol. The van der Waals surface area contributed by atoms with Crippen LogP contribution in [-0.2, 0) is 17.6 Å². The Morgan fingerprint density at radius 3 is 3.00 bits per heavy atom. The van der Waals surface area contributed by atoms with Gasteiger partial charge in [-0.3, -0.25) is 4.79 Å². The number of carbonyl (C=O) groups is 1. The maximum atomic E-state index is 12.0. The summed E-state index contributed by atoms with van der Waals surface area (Å²) < 4.78 is 0. The van der Waals surface area contributed by atoms with Crippen molar-refractivity contribution in [2.75, 3.05) is 11.9 Å². The minimum Gasteiger partial charge on any atom is -0.314 e. The van der Waals surface area contributed by atoms with Gasteiger partial charge in [-0.05, 0) is 51.5 Å². The van der Waals surface area contributed by atoms with E-state index in [-0.39, 0.29) is 5.91 Å². The smallest absolute Gasteiger partial charge is 0.226 e. The highest BCUT2D eigenvalue weighted by Crippen LogP contribution is 2.29. The summed E-state index contributed by atoms with van der Waals surface area (Å²) in [4.78, 5) is 17.9. The first-order chi connectivity index (χ1) is 9.81. The van der Waals surface area contributed by atoms with Gasteiger partial charge in [-0.2, -0.15) is 0 Å². The highest BCUT2D eigenvalue weighted by molar-refractivity contribution is 7.15. The van der Waals surface area contributed by atoms with E-state index in [4.69, 9.17) is 0 Å². The third kappa shape index (κ3) is 3.58. The number of thiazole rings is 1. The maximum absolute atomic E-state index is 12.0. The van der Waals surface area contributed by atoms with Gasteiger partial charge in [-0.1, -0.05) is 6.42 Å². The molecule has 4 nitrogen and oxygen atoms in total. The van der Waals surface area contributed by atoms with Gasteiger partial charge < -0.3 is 10.6 Å². The van der Waals surface area contributed by atoms with E-state index >= 15 is 0 Å². The summed E-state index contributed by atoms with van der Waals surface area (Å²) in [6.07, 6.45) is 10.0. The van der Waals surface area contributed by atoms with Crippen molar-refractivity contribution >= 4 is 22.4 Å². The zero-order valence-electron chi connectivity index (χ0n) is 11.9. The zero-order valence-corrected chi connectivity index (χ0v) is 12.7. The highest BCUT2D eigenvalue weighted by Gasteiger charge is 2.17. The van der Waals surface area contributed by atoms with Crippen LogP contribution in [0.5, 0.6) is 0 Å². The molecule has 20 heavy (non-hydrogen) atoms. The number of amides is 1. The Bertz CT molecular complexity index is 442. The van der Waals surface area contributed by atoms with Crippen molar-refractivity contribution in [2.24, 2.45) is 0 Å². The fraction of sp³-hybridized carbons (Fsp3) is 0.733. The summed E-state index contributed by atoms with van der Waals surface area (Å²) >= 11 is 1.67. The molecule has 1 unspecified atom stereocenters. The first kappa shape index (κ1) is 14.0. The second kappa shape index (κ2) is 6.68. The van der Waals surface area contributed by atoms with E-state index in [1.54, 1.807) is 11.3 Å². The van der Waals surface area contributed by atoms with Crippen molar-refractivity contribution in [3.8, 4) is 0 Å². The standard InChI is InChI=1S/C15H23N3OS/c19-14(9-8-11-5-3-4-10-16-11)18-15-17-12-6-1-2-7-13(12)20-15/h11,16H,1-10H2,(H,17,18,19).